The van der Waals surface area contributed by atoms with Crippen LogP contribution in [0.1, 0.15) is 17.2 Å². The fraction of sp³-hybridized carbons (Fsp3) is 0.176. The molecule has 2 aromatic rings. The van der Waals surface area contributed by atoms with Gasteiger partial charge in [-0.3, -0.25) is 0 Å². The van der Waals surface area contributed by atoms with Crippen LogP contribution in [0.2, 0.25) is 0 Å². The third-order valence-electron chi connectivity index (χ3n) is 2.83. The average molecular weight is 252 g/mol. The van der Waals surface area contributed by atoms with Crippen molar-refractivity contribution in [2.24, 2.45) is 0 Å². The molecule has 2 rings (SSSR count). The van der Waals surface area contributed by atoms with E-state index in [1.165, 1.54) is 0 Å². The molecule has 0 bridgehead atoms. The number of hydrogen-bond acceptors (Lipinski definition) is 2. The highest BCUT2D eigenvalue weighted by atomic mass is 16.5. The Hall–Kier alpha value is -2.24. The van der Waals surface area contributed by atoms with Gasteiger partial charge in [-0.2, -0.15) is 0 Å². The second-order valence-corrected chi connectivity index (χ2v) is 4.12. The summed E-state index contributed by atoms with van der Waals surface area (Å²) in [4.78, 5) is 0. The molecule has 0 aromatic heterocycles. The standard InChI is InChI=1S/C17H16O2/c1-3-17(15-7-5-4-6-8-15)19-13-14-9-11-16(18-2)12-10-14/h1,4-12,17H,13H2,2H3/t17-/m1/s1. The molecule has 0 aliphatic rings. The monoisotopic (exact) mass is 252 g/mol. The molecule has 1 atom stereocenters. The molecular formula is C17H16O2. The Kier molecular flexibility index (Phi) is 4.60. The smallest absolute Gasteiger partial charge is 0.143 e. The van der Waals surface area contributed by atoms with Crippen LogP contribution < -0.4 is 4.74 Å². The van der Waals surface area contributed by atoms with Crippen LogP contribution in [0.4, 0.5) is 0 Å². The van der Waals surface area contributed by atoms with Gasteiger partial charge < -0.3 is 9.47 Å². The summed E-state index contributed by atoms with van der Waals surface area (Å²) in [6.07, 6.45) is 5.20. The van der Waals surface area contributed by atoms with Crippen molar-refractivity contribution in [3.8, 4) is 18.1 Å². The van der Waals surface area contributed by atoms with Gasteiger partial charge in [-0.15, -0.1) is 6.42 Å². The summed E-state index contributed by atoms with van der Waals surface area (Å²) in [5.74, 6) is 3.50. The second-order valence-electron chi connectivity index (χ2n) is 4.12. The van der Waals surface area contributed by atoms with E-state index in [0.29, 0.717) is 6.61 Å². The lowest BCUT2D eigenvalue weighted by atomic mass is 10.1. The van der Waals surface area contributed by atoms with Crippen LogP contribution in [-0.2, 0) is 11.3 Å². The Morgan fingerprint density at radius 2 is 1.74 bits per heavy atom. The summed E-state index contributed by atoms with van der Waals surface area (Å²) in [6, 6.07) is 17.6. The third kappa shape index (κ3) is 3.61. The molecule has 2 nitrogen and oxygen atoms in total. The van der Waals surface area contributed by atoms with Crippen molar-refractivity contribution in [2.45, 2.75) is 12.7 Å². The van der Waals surface area contributed by atoms with Crippen molar-refractivity contribution in [3.63, 3.8) is 0 Å². The van der Waals surface area contributed by atoms with Crippen LogP contribution in [0.15, 0.2) is 54.6 Å². The van der Waals surface area contributed by atoms with Crippen LogP contribution in [0.5, 0.6) is 5.75 Å². The summed E-state index contributed by atoms with van der Waals surface area (Å²) >= 11 is 0. The zero-order valence-electron chi connectivity index (χ0n) is 10.9. The second kappa shape index (κ2) is 6.63. The molecule has 0 N–H and O–H groups in total. The van der Waals surface area contributed by atoms with E-state index in [1.807, 2.05) is 54.6 Å². The van der Waals surface area contributed by atoms with Gasteiger partial charge in [0.15, 0.2) is 0 Å². The summed E-state index contributed by atoms with van der Waals surface area (Å²) in [5, 5.41) is 0. The topological polar surface area (TPSA) is 18.5 Å². The average Bonchev–Trinajstić information content (AvgIpc) is 2.49. The van der Waals surface area contributed by atoms with Crippen LogP contribution in [0, 0.1) is 12.3 Å². The van der Waals surface area contributed by atoms with Crippen molar-refractivity contribution in [1.29, 1.82) is 0 Å². The van der Waals surface area contributed by atoms with Gasteiger partial charge in [0.1, 0.15) is 11.9 Å². The molecule has 0 radical (unpaired) electrons. The molecule has 96 valence electrons. The normalized spacial score (nSPS) is 11.6. The minimum atomic E-state index is -0.316. The van der Waals surface area contributed by atoms with Gasteiger partial charge in [0.2, 0.25) is 0 Å². The minimum Gasteiger partial charge on any atom is -0.497 e. The number of ether oxygens (including phenoxy) is 2. The molecule has 0 aliphatic heterocycles. The molecule has 0 amide bonds. The van der Waals surface area contributed by atoms with Crippen molar-refractivity contribution >= 4 is 0 Å². The minimum absolute atomic E-state index is 0.316. The van der Waals surface area contributed by atoms with E-state index in [-0.39, 0.29) is 6.10 Å². The maximum Gasteiger partial charge on any atom is 0.143 e. The zero-order valence-corrected chi connectivity index (χ0v) is 10.9. The van der Waals surface area contributed by atoms with Crippen molar-refractivity contribution in [1.82, 2.24) is 0 Å². The Bertz CT molecular complexity index is 538. The first-order valence-electron chi connectivity index (χ1n) is 6.09. The number of benzene rings is 2. The molecular weight excluding hydrogens is 236 g/mol. The van der Waals surface area contributed by atoms with E-state index in [9.17, 15) is 0 Å². The van der Waals surface area contributed by atoms with E-state index in [2.05, 4.69) is 5.92 Å². The van der Waals surface area contributed by atoms with Gasteiger partial charge in [-0.1, -0.05) is 48.4 Å². The molecule has 0 spiro atoms. The molecule has 19 heavy (non-hydrogen) atoms. The van der Waals surface area contributed by atoms with E-state index >= 15 is 0 Å². The van der Waals surface area contributed by atoms with Crippen LogP contribution in [0.3, 0.4) is 0 Å². The van der Waals surface area contributed by atoms with Crippen molar-refractivity contribution < 1.29 is 9.47 Å². The summed E-state index contributed by atoms with van der Waals surface area (Å²) in [5.41, 5.74) is 2.07. The molecule has 0 unspecified atom stereocenters. The maximum atomic E-state index is 5.76. The van der Waals surface area contributed by atoms with Gasteiger partial charge >= 0.3 is 0 Å². The predicted molar refractivity (Wildman–Crippen MR) is 75.8 cm³/mol. The first-order chi connectivity index (χ1) is 9.33. The third-order valence-corrected chi connectivity index (χ3v) is 2.83. The summed E-state index contributed by atoms with van der Waals surface area (Å²) in [6.45, 7) is 0.480. The summed E-state index contributed by atoms with van der Waals surface area (Å²) in [7, 11) is 1.65. The highest BCUT2D eigenvalue weighted by molar-refractivity contribution is 5.27. The largest absolute Gasteiger partial charge is 0.497 e. The zero-order chi connectivity index (χ0) is 13.5. The predicted octanol–water partition coefficient (Wildman–Crippen LogP) is 3.59. The fourth-order valence-corrected chi connectivity index (χ4v) is 1.77. The lowest BCUT2D eigenvalue weighted by Crippen LogP contribution is -2.02. The quantitative estimate of drug-likeness (QED) is 0.757. The molecule has 2 heteroatoms. The van der Waals surface area contributed by atoms with E-state index in [1.54, 1.807) is 7.11 Å². The number of hydrogen-bond donors (Lipinski definition) is 0. The molecule has 0 heterocycles. The van der Waals surface area contributed by atoms with E-state index in [0.717, 1.165) is 16.9 Å². The lowest BCUT2D eigenvalue weighted by molar-refractivity contribution is 0.0782. The van der Waals surface area contributed by atoms with E-state index < -0.39 is 0 Å². The first-order valence-corrected chi connectivity index (χ1v) is 6.09. The number of methoxy groups -OCH3 is 1. The van der Waals surface area contributed by atoms with Gasteiger partial charge in [0.25, 0.3) is 0 Å². The lowest BCUT2D eigenvalue weighted by Gasteiger charge is -2.12. The molecule has 0 fully saturated rings. The van der Waals surface area contributed by atoms with Gasteiger partial charge in [0, 0.05) is 0 Å². The highest BCUT2D eigenvalue weighted by Gasteiger charge is 2.08. The van der Waals surface area contributed by atoms with Gasteiger partial charge in [-0.05, 0) is 23.3 Å². The Balaban J connectivity index is 1.98. The Labute approximate surface area is 114 Å². The van der Waals surface area contributed by atoms with Gasteiger partial charge in [0.05, 0.1) is 13.7 Å². The number of terminal acetylenes is 1. The first kappa shape index (κ1) is 13.2. The number of rotatable bonds is 5. The van der Waals surface area contributed by atoms with Crippen LogP contribution in [-0.4, -0.2) is 7.11 Å². The molecule has 2 aromatic carbocycles. The van der Waals surface area contributed by atoms with Crippen molar-refractivity contribution in [2.75, 3.05) is 7.11 Å². The maximum absolute atomic E-state index is 5.76. The molecule has 0 saturated carbocycles. The van der Waals surface area contributed by atoms with Crippen LogP contribution >= 0.6 is 0 Å². The SMILES string of the molecule is C#C[C@@H](OCc1ccc(OC)cc1)c1ccccc1. The Morgan fingerprint density at radius 1 is 1.05 bits per heavy atom. The molecule has 0 saturated heterocycles. The fourth-order valence-electron chi connectivity index (χ4n) is 1.77. The highest BCUT2D eigenvalue weighted by Crippen LogP contribution is 2.19. The summed E-state index contributed by atoms with van der Waals surface area (Å²) < 4.78 is 10.9. The molecule has 0 aliphatic carbocycles. The van der Waals surface area contributed by atoms with Crippen molar-refractivity contribution in [3.05, 3.63) is 65.7 Å². The van der Waals surface area contributed by atoms with E-state index in [4.69, 9.17) is 15.9 Å². The Morgan fingerprint density at radius 3 is 2.32 bits per heavy atom. The van der Waals surface area contributed by atoms with Gasteiger partial charge in [-0.25, -0.2) is 0 Å². The van der Waals surface area contributed by atoms with Crippen LogP contribution in [0.25, 0.3) is 0 Å².